The van der Waals surface area contributed by atoms with Crippen LogP contribution in [-0.4, -0.2) is 5.33 Å². The van der Waals surface area contributed by atoms with Crippen molar-refractivity contribution < 1.29 is 8.78 Å². The van der Waals surface area contributed by atoms with Gasteiger partial charge in [-0.3, -0.25) is 0 Å². The van der Waals surface area contributed by atoms with E-state index in [1.807, 2.05) is 6.08 Å². The van der Waals surface area contributed by atoms with Crippen molar-refractivity contribution in [2.45, 2.75) is 6.42 Å². The molecule has 0 atom stereocenters. The smallest absolute Gasteiger partial charge is 0.149 e. The predicted molar refractivity (Wildman–Crippen MR) is 58.2 cm³/mol. The van der Waals surface area contributed by atoms with E-state index in [9.17, 15) is 8.78 Å². The molecule has 1 aromatic carbocycles. The second kappa shape index (κ2) is 5.10. The number of rotatable bonds is 3. The van der Waals surface area contributed by atoms with Gasteiger partial charge < -0.3 is 5.73 Å². The molecule has 1 nitrogen and oxygen atoms in total. The SMILES string of the molecule is Nc1c(F)cc(C=CCCBr)cc1F. The zero-order valence-electron chi connectivity index (χ0n) is 7.43. The van der Waals surface area contributed by atoms with Crippen LogP contribution >= 0.6 is 15.9 Å². The highest BCUT2D eigenvalue weighted by Gasteiger charge is 2.05. The third kappa shape index (κ3) is 2.80. The van der Waals surface area contributed by atoms with Crippen LogP contribution in [0.15, 0.2) is 18.2 Å². The van der Waals surface area contributed by atoms with Crippen molar-refractivity contribution in [2.75, 3.05) is 11.1 Å². The van der Waals surface area contributed by atoms with E-state index in [-0.39, 0.29) is 0 Å². The molecule has 14 heavy (non-hydrogen) atoms. The average molecular weight is 262 g/mol. The zero-order chi connectivity index (χ0) is 10.6. The Bertz CT molecular complexity index is 327. The van der Waals surface area contributed by atoms with Crippen LogP contribution in [0.1, 0.15) is 12.0 Å². The van der Waals surface area contributed by atoms with E-state index < -0.39 is 17.3 Å². The van der Waals surface area contributed by atoms with E-state index in [0.717, 1.165) is 11.8 Å². The molecule has 0 radical (unpaired) electrons. The number of hydrogen-bond donors (Lipinski definition) is 1. The molecule has 0 bridgehead atoms. The first-order valence-corrected chi connectivity index (χ1v) is 5.24. The van der Waals surface area contributed by atoms with Crippen molar-refractivity contribution in [3.05, 3.63) is 35.4 Å². The highest BCUT2D eigenvalue weighted by atomic mass is 79.9. The van der Waals surface area contributed by atoms with Crippen LogP contribution in [0.5, 0.6) is 0 Å². The number of nitrogens with two attached hydrogens (primary N) is 1. The molecule has 0 aliphatic heterocycles. The minimum atomic E-state index is -0.719. The van der Waals surface area contributed by atoms with Gasteiger partial charge in [0.15, 0.2) is 0 Å². The van der Waals surface area contributed by atoms with Gasteiger partial charge in [-0.1, -0.05) is 28.1 Å². The Morgan fingerprint density at radius 1 is 1.29 bits per heavy atom. The highest BCUT2D eigenvalue weighted by Crippen LogP contribution is 2.18. The van der Waals surface area contributed by atoms with E-state index in [0.29, 0.717) is 5.56 Å². The summed E-state index contributed by atoms with van der Waals surface area (Å²) in [6.45, 7) is 0. The van der Waals surface area contributed by atoms with Gasteiger partial charge >= 0.3 is 0 Å². The molecule has 0 aliphatic rings. The minimum Gasteiger partial charge on any atom is -0.394 e. The van der Waals surface area contributed by atoms with Gasteiger partial charge in [-0.25, -0.2) is 8.78 Å². The van der Waals surface area contributed by atoms with Crippen molar-refractivity contribution in [2.24, 2.45) is 0 Å². The van der Waals surface area contributed by atoms with Crippen LogP contribution < -0.4 is 5.73 Å². The van der Waals surface area contributed by atoms with Crippen molar-refractivity contribution in [1.29, 1.82) is 0 Å². The maximum atomic E-state index is 12.9. The van der Waals surface area contributed by atoms with Gasteiger partial charge in [0, 0.05) is 5.33 Å². The Morgan fingerprint density at radius 2 is 1.86 bits per heavy atom. The molecular formula is C10H10BrF2N. The number of anilines is 1. The van der Waals surface area contributed by atoms with Crippen LogP contribution in [-0.2, 0) is 0 Å². The Hall–Kier alpha value is -0.900. The Kier molecular flexibility index (Phi) is 4.07. The van der Waals surface area contributed by atoms with E-state index in [4.69, 9.17) is 5.73 Å². The Labute approximate surface area is 89.7 Å². The van der Waals surface area contributed by atoms with E-state index in [2.05, 4.69) is 15.9 Å². The topological polar surface area (TPSA) is 26.0 Å². The second-order valence-corrected chi connectivity index (χ2v) is 3.57. The van der Waals surface area contributed by atoms with Gasteiger partial charge in [-0.2, -0.15) is 0 Å². The van der Waals surface area contributed by atoms with Crippen molar-refractivity contribution in [3.8, 4) is 0 Å². The first-order valence-electron chi connectivity index (χ1n) is 4.12. The fourth-order valence-electron chi connectivity index (χ4n) is 0.983. The molecule has 0 fully saturated rings. The van der Waals surface area contributed by atoms with Gasteiger partial charge in [0.2, 0.25) is 0 Å². The number of alkyl halides is 1. The minimum absolute atomic E-state index is 0.428. The maximum Gasteiger partial charge on any atom is 0.149 e. The Balaban J connectivity index is 2.89. The first kappa shape index (κ1) is 11.2. The summed E-state index contributed by atoms with van der Waals surface area (Å²) in [4.78, 5) is 0. The van der Waals surface area contributed by atoms with Crippen LogP contribution in [0.25, 0.3) is 6.08 Å². The fourth-order valence-corrected chi connectivity index (χ4v) is 1.25. The van der Waals surface area contributed by atoms with Crippen molar-refractivity contribution >= 4 is 27.7 Å². The van der Waals surface area contributed by atoms with Crippen LogP contribution in [0.2, 0.25) is 0 Å². The van der Waals surface area contributed by atoms with Crippen molar-refractivity contribution in [3.63, 3.8) is 0 Å². The van der Waals surface area contributed by atoms with Gasteiger partial charge in [0.1, 0.15) is 17.3 Å². The standard InChI is InChI=1S/C10H10BrF2N/c11-4-2-1-3-7-5-8(12)10(14)9(13)6-7/h1,3,5-6H,2,4,14H2. The molecular weight excluding hydrogens is 252 g/mol. The average Bonchev–Trinajstić information content (AvgIpc) is 2.14. The molecule has 0 aliphatic carbocycles. The predicted octanol–water partition coefficient (Wildman–Crippen LogP) is 3.35. The third-order valence-corrected chi connectivity index (χ3v) is 2.15. The number of halogens is 3. The lowest BCUT2D eigenvalue weighted by atomic mass is 10.1. The summed E-state index contributed by atoms with van der Waals surface area (Å²) in [5.41, 5.74) is 5.18. The first-order chi connectivity index (χ1) is 6.65. The second-order valence-electron chi connectivity index (χ2n) is 2.78. The summed E-state index contributed by atoms with van der Waals surface area (Å²) < 4.78 is 25.9. The van der Waals surface area contributed by atoms with Gasteiger partial charge in [-0.15, -0.1) is 0 Å². The lowest BCUT2D eigenvalue weighted by Gasteiger charge is -2.00. The molecule has 76 valence electrons. The largest absolute Gasteiger partial charge is 0.394 e. The zero-order valence-corrected chi connectivity index (χ0v) is 9.02. The summed E-state index contributed by atoms with van der Waals surface area (Å²) in [5.74, 6) is -1.44. The summed E-state index contributed by atoms with van der Waals surface area (Å²) in [6, 6.07) is 2.42. The summed E-state index contributed by atoms with van der Waals surface area (Å²) in [6.07, 6.45) is 4.31. The number of nitrogen functional groups attached to an aromatic ring is 1. The molecule has 0 saturated heterocycles. The molecule has 0 heterocycles. The third-order valence-electron chi connectivity index (χ3n) is 1.69. The molecule has 0 aromatic heterocycles. The summed E-state index contributed by atoms with van der Waals surface area (Å²) in [7, 11) is 0. The van der Waals surface area contributed by atoms with Gasteiger partial charge in [0.25, 0.3) is 0 Å². The van der Waals surface area contributed by atoms with E-state index >= 15 is 0 Å². The molecule has 0 amide bonds. The molecule has 0 saturated carbocycles. The fraction of sp³-hybridized carbons (Fsp3) is 0.200. The molecule has 1 aromatic rings. The molecule has 2 N–H and O–H groups in total. The highest BCUT2D eigenvalue weighted by molar-refractivity contribution is 9.09. The Morgan fingerprint density at radius 3 is 2.36 bits per heavy atom. The van der Waals surface area contributed by atoms with Crippen LogP contribution in [0, 0.1) is 11.6 Å². The van der Waals surface area contributed by atoms with Crippen molar-refractivity contribution in [1.82, 2.24) is 0 Å². The lowest BCUT2D eigenvalue weighted by molar-refractivity contribution is 0.591. The molecule has 0 spiro atoms. The number of benzene rings is 1. The van der Waals surface area contributed by atoms with Crippen LogP contribution in [0.4, 0.5) is 14.5 Å². The quantitative estimate of drug-likeness (QED) is 0.656. The van der Waals surface area contributed by atoms with Gasteiger partial charge in [0.05, 0.1) is 0 Å². The molecule has 1 rings (SSSR count). The molecule has 0 unspecified atom stereocenters. The summed E-state index contributed by atoms with van der Waals surface area (Å²) >= 11 is 3.24. The number of allylic oxidation sites excluding steroid dienone is 1. The number of hydrogen-bond acceptors (Lipinski definition) is 1. The van der Waals surface area contributed by atoms with E-state index in [1.165, 1.54) is 12.1 Å². The maximum absolute atomic E-state index is 12.9. The van der Waals surface area contributed by atoms with Gasteiger partial charge in [-0.05, 0) is 24.1 Å². The van der Waals surface area contributed by atoms with E-state index in [1.54, 1.807) is 6.08 Å². The lowest BCUT2D eigenvalue weighted by Crippen LogP contribution is -1.95. The monoisotopic (exact) mass is 261 g/mol. The normalized spacial score (nSPS) is 11.1. The van der Waals surface area contributed by atoms with Crippen LogP contribution in [0.3, 0.4) is 0 Å². The summed E-state index contributed by atoms with van der Waals surface area (Å²) in [5, 5.41) is 0.823. The molecule has 4 heteroatoms.